The summed E-state index contributed by atoms with van der Waals surface area (Å²) in [7, 11) is 1.50. The van der Waals surface area contributed by atoms with Gasteiger partial charge in [-0.05, 0) is 30.3 Å². The van der Waals surface area contributed by atoms with Gasteiger partial charge in [-0.25, -0.2) is 4.79 Å². The Morgan fingerprint density at radius 3 is 2.38 bits per heavy atom. The molecule has 0 fully saturated rings. The van der Waals surface area contributed by atoms with E-state index in [1.165, 1.54) is 7.11 Å². The lowest BCUT2D eigenvalue weighted by molar-refractivity contribution is -0.116. The highest BCUT2D eigenvalue weighted by Gasteiger charge is 2.10. The molecule has 126 valence electrons. The smallest absolute Gasteiger partial charge is 0.323 e. The maximum Gasteiger partial charge on any atom is 0.323 e. The van der Waals surface area contributed by atoms with Gasteiger partial charge in [0, 0.05) is 24.3 Å². The fraction of sp³-hybridized carbons (Fsp3) is 0.176. The predicted molar refractivity (Wildman–Crippen MR) is 94.4 cm³/mol. The number of benzene rings is 2. The highest BCUT2D eigenvalue weighted by atomic mass is 16.5. The molecule has 0 saturated carbocycles. The standard InChI is InChI=1S/C17H20N4O3/c1-24-15-8-7-13(11-14(15)21-16(22)9-10-18)20-17(23)19-12-5-3-2-4-6-12/h2-8,11H,9-10,18H2,1H3,(H,21,22)(H2,19,20,23). The van der Waals surface area contributed by atoms with Crippen molar-refractivity contribution in [2.45, 2.75) is 6.42 Å². The van der Waals surface area contributed by atoms with E-state index in [2.05, 4.69) is 16.0 Å². The molecule has 0 radical (unpaired) electrons. The molecule has 0 bridgehead atoms. The Morgan fingerprint density at radius 1 is 1.00 bits per heavy atom. The average Bonchev–Trinajstić information content (AvgIpc) is 2.56. The highest BCUT2D eigenvalue weighted by Crippen LogP contribution is 2.28. The van der Waals surface area contributed by atoms with Crippen LogP contribution in [0.1, 0.15) is 6.42 Å². The third kappa shape index (κ3) is 4.99. The minimum absolute atomic E-state index is 0.204. The molecule has 24 heavy (non-hydrogen) atoms. The number of nitrogens with one attached hydrogen (secondary N) is 3. The second kappa shape index (κ2) is 8.54. The number of carbonyl (C=O) groups is 2. The van der Waals surface area contributed by atoms with Gasteiger partial charge in [0.05, 0.1) is 12.8 Å². The molecule has 0 saturated heterocycles. The van der Waals surface area contributed by atoms with Crippen LogP contribution in [0.4, 0.5) is 21.9 Å². The lowest BCUT2D eigenvalue weighted by Crippen LogP contribution is -2.20. The maximum atomic E-state index is 12.0. The number of urea groups is 1. The van der Waals surface area contributed by atoms with Gasteiger partial charge < -0.3 is 26.4 Å². The molecule has 0 unspecified atom stereocenters. The number of rotatable bonds is 6. The molecule has 0 aliphatic heterocycles. The van der Waals surface area contributed by atoms with Crippen LogP contribution < -0.4 is 26.4 Å². The summed E-state index contributed by atoms with van der Waals surface area (Å²) in [6, 6.07) is 13.7. The summed E-state index contributed by atoms with van der Waals surface area (Å²) in [5, 5.41) is 8.13. The lowest BCUT2D eigenvalue weighted by atomic mass is 10.2. The summed E-state index contributed by atoms with van der Waals surface area (Å²) in [6.45, 7) is 0.256. The Bertz CT molecular complexity index is 704. The second-order valence-corrected chi connectivity index (χ2v) is 4.95. The van der Waals surface area contributed by atoms with Gasteiger partial charge in [-0.3, -0.25) is 4.79 Å². The first kappa shape index (κ1) is 17.3. The van der Waals surface area contributed by atoms with Crippen molar-refractivity contribution >= 4 is 29.0 Å². The van der Waals surface area contributed by atoms with Gasteiger partial charge in [-0.15, -0.1) is 0 Å². The van der Waals surface area contributed by atoms with Crippen LogP contribution >= 0.6 is 0 Å². The Balaban J connectivity index is 2.07. The fourth-order valence-electron chi connectivity index (χ4n) is 2.04. The molecule has 0 aromatic heterocycles. The largest absolute Gasteiger partial charge is 0.495 e. The number of para-hydroxylation sites is 1. The first-order valence-electron chi connectivity index (χ1n) is 7.43. The summed E-state index contributed by atoms with van der Waals surface area (Å²) in [4.78, 5) is 23.7. The average molecular weight is 328 g/mol. The summed E-state index contributed by atoms with van der Waals surface area (Å²) >= 11 is 0. The van der Waals surface area contributed by atoms with E-state index in [9.17, 15) is 9.59 Å². The van der Waals surface area contributed by atoms with Gasteiger partial charge in [0.2, 0.25) is 5.91 Å². The number of carbonyl (C=O) groups excluding carboxylic acids is 2. The summed E-state index contributed by atoms with van der Waals surface area (Å²) < 4.78 is 5.21. The Morgan fingerprint density at radius 2 is 1.71 bits per heavy atom. The van der Waals surface area contributed by atoms with Gasteiger partial charge >= 0.3 is 6.03 Å². The molecule has 2 aromatic rings. The van der Waals surface area contributed by atoms with Crippen molar-refractivity contribution in [3.8, 4) is 5.75 Å². The molecule has 0 spiro atoms. The van der Waals surface area contributed by atoms with Crippen LogP contribution in [-0.4, -0.2) is 25.6 Å². The number of hydrogen-bond donors (Lipinski definition) is 4. The van der Waals surface area contributed by atoms with Gasteiger partial charge in [-0.2, -0.15) is 0 Å². The first-order chi connectivity index (χ1) is 11.6. The second-order valence-electron chi connectivity index (χ2n) is 4.95. The monoisotopic (exact) mass is 328 g/mol. The third-order valence-corrected chi connectivity index (χ3v) is 3.13. The molecule has 0 atom stereocenters. The van der Waals surface area contributed by atoms with E-state index in [-0.39, 0.29) is 24.9 Å². The van der Waals surface area contributed by atoms with Crippen molar-refractivity contribution in [1.29, 1.82) is 0 Å². The number of nitrogens with two attached hydrogens (primary N) is 1. The quantitative estimate of drug-likeness (QED) is 0.654. The predicted octanol–water partition coefficient (Wildman–Crippen LogP) is 2.63. The van der Waals surface area contributed by atoms with Crippen LogP contribution in [0.3, 0.4) is 0 Å². The van der Waals surface area contributed by atoms with E-state index in [0.717, 1.165) is 0 Å². The molecule has 2 aromatic carbocycles. The van der Waals surface area contributed by atoms with Crippen molar-refractivity contribution in [1.82, 2.24) is 0 Å². The molecule has 7 nitrogen and oxygen atoms in total. The van der Waals surface area contributed by atoms with Crippen LogP contribution in [0.5, 0.6) is 5.75 Å². The van der Waals surface area contributed by atoms with E-state index in [1.54, 1.807) is 30.3 Å². The molecule has 2 rings (SSSR count). The third-order valence-electron chi connectivity index (χ3n) is 3.13. The van der Waals surface area contributed by atoms with Crippen molar-refractivity contribution < 1.29 is 14.3 Å². The highest BCUT2D eigenvalue weighted by molar-refractivity contribution is 6.00. The SMILES string of the molecule is COc1ccc(NC(=O)Nc2ccccc2)cc1NC(=O)CCN. The normalized spacial score (nSPS) is 9.92. The molecule has 0 aliphatic rings. The number of anilines is 3. The van der Waals surface area contributed by atoms with E-state index in [0.29, 0.717) is 22.8 Å². The molecule has 0 heterocycles. The fourth-order valence-corrected chi connectivity index (χ4v) is 2.04. The van der Waals surface area contributed by atoms with Crippen LogP contribution in [-0.2, 0) is 4.79 Å². The van der Waals surface area contributed by atoms with Crippen LogP contribution in [0.25, 0.3) is 0 Å². The summed E-state index contributed by atoms with van der Waals surface area (Å²) in [5.41, 5.74) is 7.03. The topological polar surface area (TPSA) is 105 Å². The van der Waals surface area contributed by atoms with Crippen molar-refractivity contribution in [3.05, 3.63) is 48.5 Å². The van der Waals surface area contributed by atoms with E-state index < -0.39 is 0 Å². The molecule has 7 heteroatoms. The van der Waals surface area contributed by atoms with Gasteiger partial charge in [-0.1, -0.05) is 18.2 Å². The zero-order valence-electron chi connectivity index (χ0n) is 13.3. The minimum atomic E-state index is -0.384. The number of ether oxygens (including phenoxy) is 1. The van der Waals surface area contributed by atoms with Crippen molar-refractivity contribution in [2.75, 3.05) is 29.6 Å². The van der Waals surface area contributed by atoms with Crippen LogP contribution in [0.15, 0.2) is 48.5 Å². The van der Waals surface area contributed by atoms with E-state index >= 15 is 0 Å². The van der Waals surface area contributed by atoms with Crippen molar-refractivity contribution in [3.63, 3.8) is 0 Å². The van der Waals surface area contributed by atoms with Gasteiger partial charge in [0.1, 0.15) is 5.75 Å². The molecule has 3 amide bonds. The van der Waals surface area contributed by atoms with Crippen molar-refractivity contribution in [2.24, 2.45) is 5.73 Å². The Labute approximate surface area is 140 Å². The number of methoxy groups -OCH3 is 1. The molecule has 0 aliphatic carbocycles. The molecular formula is C17H20N4O3. The van der Waals surface area contributed by atoms with Gasteiger partial charge in [0.25, 0.3) is 0 Å². The van der Waals surface area contributed by atoms with Crippen LogP contribution in [0, 0.1) is 0 Å². The molecule has 5 N–H and O–H groups in total. The zero-order valence-corrected chi connectivity index (χ0v) is 13.3. The number of hydrogen-bond acceptors (Lipinski definition) is 4. The van der Waals surface area contributed by atoms with Crippen LogP contribution in [0.2, 0.25) is 0 Å². The van der Waals surface area contributed by atoms with E-state index in [4.69, 9.17) is 10.5 Å². The zero-order chi connectivity index (χ0) is 17.4. The Kier molecular flexibility index (Phi) is 6.16. The summed E-state index contributed by atoms with van der Waals surface area (Å²) in [6.07, 6.45) is 0.204. The lowest BCUT2D eigenvalue weighted by Gasteiger charge is -2.13. The summed E-state index contributed by atoms with van der Waals surface area (Å²) in [5.74, 6) is 0.274. The Hall–Kier alpha value is -3.06. The van der Waals surface area contributed by atoms with Gasteiger partial charge in [0.15, 0.2) is 0 Å². The van der Waals surface area contributed by atoms with E-state index in [1.807, 2.05) is 18.2 Å². The first-order valence-corrected chi connectivity index (χ1v) is 7.43. The maximum absolute atomic E-state index is 12.0. The minimum Gasteiger partial charge on any atom is -0.495 e. The molecular weight excluding hydrogens is 308 g/mol. The number of amides is 3.